The van der Waals surface area contributed by atoms with Gasteiger partial charge >= 0.3 is 0 Å². The minimum absolute atomic E-state index is 0.0198. The third kappa shape index (κ3) is 5.60. The second-order valence-electron chi connectivity index (χ2n) is 9.44. The molecule has 1 saturated heterocycles. The smallest absolute Gasteiger partial charge is 0.132 e. The average Bonchev–Trinajstić information content (AvgIpc) is 2.99. The summed E-state index contributed by atoms with van der Waals surface area (Å²) >= 11 is 0. The number of nitriles is 1. The molecular weight excluding hydrogens is 476 g/mol. The molecule has 2 atom stereocenters. The van der Waals surface area contributed by atoms with Gasteiger partial charge in [0, 0.05) is 28.8 Å². The van der Waals surface area contributed by atoms with E-state index in [0.717, 1.165) is 58.7 Å². The summed E-state index contributed by atoms with van der Waals surface area (Å²) in [5.41, 5.74) is 3.81. The van der Waals surface area contributed by atoms with Crippen molar-refractivity contribution in [3.05, 3.63) is 101 Å². The van der Waals surface area contributed by atoms with Gasteiger partial charge in [-0.05, 0) is 54.4 Å². The molecule has 0 radical (unpaired) electrons. The number of nitrogens with one attached hydrogen (secondary N) is 1. The van der Waals surface area contributed by atoms with E-state index in [1.807, 2.05) is 54.6 Å². The van der Waals surface area contributed by atoms with Crippen LogP contribution >= 0.6 is 0 Å². The number of nitrogens with zero attached hydrogens (tertiary/aromatic N) is 1. The number of ether oxygens (including phenoxy) is 4. The Morgan fingerprint density at radius 3 is 2.47 bits per heavy atom. The molecule has 38 heavy (non-hydrogen) atoms. The second-order valence-corrected chi connectivity index (χ2v) is 9.44. The van der Waals surface area contributed by atoms with Gasteiger partial charge in [-0.25, -0.2) is 0 Å². The van der Waals surface area contributed by atoms with Crippen LogP contribution in [0.4, 0.5) is 0 Å². The minimum atomic E-state index is 0.0198. The Kier molecular flexibility index (Phi) is 8.08. The highest BCUT2D eigenvalue weighted by molar-refractivity contribution is 5.94. The number of hydrogen-bond acceptors (Lipinski definition) is 6. The maximum atomic E-state index is 9.10. The molecule has 1 heterocycles. The molecule has 0 saturated carbocycles. The van der Waals surface area contributed by atoms with E-state index in [-0.39, 0.29) is 12.0 Å². The van der Waals surface area contributed by atoms with Crippen molar-refractivity contribution < 1.29 is 18.9 Å². The minimum Gasteiger partial charge on any atom is -0.496 e. The summed E-state index contributed by atoms with van der Waals surface area (Å²) in [7, 11) is 3.39. The molecule has 4 aromatic carbocycles. The van der Waals surface area contributed by atoms with E-state index < -0.39 is 0 Å². The molecule has 0 aliphatic carbocycles. The van der Waals surface area contributed by atoms with Gasteiger partial charge in [-0.3, -0.25) is 0 Å². The highest BCUT2D eigenvalue weighted by Gasteiger charge is 2.28. The van der Waals surface area contributed by atoms with E-state index in [2.05, 4.69) is 29.6 Å². The Morgan fingerprint density at radius 2 is 1.71 bits per heavy atom. The zero-order valence-corrected chi connectivity index (χ0v) is 21.8. The van der Waals surface area contributed by atoms with E-state index in [1.165, 1.54) is 5.56 Å². The van der Waals surface area contributed by atoms with Crippen LogP contribution in [-0.2, 0) is 18.0 Å². The molecule has 194 valence electrons. The third-order valence-electron chi connectivity index (χ3n) is 7.11. The van der Waals surface area contributed by atoms with Crippen molar-refractivity contribution in [2.45, 2.75) is 31.7 Å². The van der Waals surface area contributed by atoms with Gasteiger partial charge < -0.3 is 24.3 Å². The highest BCUT2D eigenvalue weighted by Crippen LogP contribution is 2.38. The Bertz CT molecular complexity index is 1430. The summed E-state index contributed by atoms with van der Waals surface area (Å²) in [6.45, 7) is 2.58. The topological polar surface area (TPSA) is 72.7 Å². The fourth-order valence-corrected chi connectivity index (χ4v) is 5.18. The summed E-state index contributed by atoms with van der Waals surface area (Å²) < 4.78 is 24.0. The molecule has 2 unspecified atom stereocenters. The highest BCUT2D eigenvalue weighted by atomic mass is 16.5. The van der Waals surface area contributed by atoms with Crippen LogP contribution < -0.4 is 19.5 Å². The summed E-state index contributed by atoms with van der Waals surface area (Å²) in [6.07, 6.45) is 1.01. The zero-order valence-electron chi connectivity index (χ0n) is 21.8. The fourth-order valence-electron chi connectivity index (χ4n) is 5.18. The largest absolute Gasteiger partial charge is 0.496 e. The lowest BCUT2D eigenvalue weighted by Crippen LogP contribution is -2.41. The number of benzene rings is 4. The predicted molar refractivity (Wildman–Crippen MR) is 148 cm³/mol. The van der Waals surface area contributed by atoms with Gasteiger partial charge in [-0.2, -0.15) is 5.26 Å². The molecule has 5 rings (SSSR count). The summed E-state index contributed by atoms with van der Waals surface area (Å²) in [6, 6.07) is 28.1. The van der Waals surface area contributed by atoms with Crippen LogP contribution in [0, 0.1) is 11.3 Å². The monoisotopic (exact) mass is 508 g/mol. The van der Waals surface area contributed by atoms with Crippen molar-refractivity contribution >= 4 is 10.8 Å². The molecule has 1 aliphatic rings. The van der Waals surface area contributed by atoms with Crippen LogP contribution in [0.3, 0.4) is 0 Å². The third-order valence-corrected chi connectivity index (χ3v) is 7.11. The molecule has 6 nitrogen and oxygen atoms in total. The lowest BCUT2D eigenvalue weighted by Gasteiger charge is -2.33. The first-order valence-electron chi connectivity index (χ1n) is 12.9. The molecular formula is C32H32N2O4. The van der Waals surface area contributed by atoms with Crippen LogP contribution in [0.25, 0.3) is 10.8 Å². The molecule has 4 aromatic rings. The van der Waals surface area contributed by atoms with Crippen molar-refractivity contribution in [1.82, 2.24) is 5.32 Å². The van der Waals surface area contributed by atoms with Gasteiger partial charge in [0.05, 0.1) is 38.6 Å². The normalized spacial score (nSPS) is 17.1. The fraction of sp³-hybridized carbons (Fsp3) is 0.281. The average molecular weight is 509 g/mol. The molecule has 1 N–H and O–H groups in total. The predicted octanol–water partition coefficient (Wildman–Crippen LogP) is 5.97. The van der Waals surface area contributed by atoms with Crippen LogP contribution in [0.5, 0.6) is 17.2 Å². The van der Waals surface area contributed by atoms with E-state index in [4.69, 9.17) is 24.2 Å². The van der Waals surface area contributed by atoms with E-state index >= 15 is 0 Å². The van der Waals surface area contributed by atoms with Crippen molar-refractivity contribution in [1.29, 1.82) is 5.26 Å². The Hall–Kier alpha value is -4.05. The van der Waals surface area contributed by atoms with E-state index in [1.54, 1.807) is 20.3 Å². The van der Waals surface area contributed by atoms with E-state index in [0.29, 0.717) is 18.8 Å². The molecule has 0 aromatic heterocycles. The number of methoxy groups -OCH3 is 2. The number of piperidine rings is 1. The Labute approximate surface area is 223 Å². The van der Waals surface area contributed by atoms with Crippen molar-refractivity contribution in [3.63, 3.8) is 0 Å². The number of hydrogen-bond donors (Lipinski definition) is 1. The Balaban J connectivity index is 1.28. The first kappa shape index (κ1) is 25.6. The molecule has 1 fully saturated rings. The van der Waals surface area contributed by atoms with Crippen LogP contribution in [0.2, 0.25) is 0 Å². The van der Waals surface area contributed by atoms with Crippen molar-refractivity contribution in [3.8, 4) is 23.3 Å². The first-order valence-corrected chi connectivity index (χ1v) is 12.9. The lowest BCUT2D eigenvalue weighted by atomic mass is 9.87. The summed E-state index contributed by atoms with van der Waals surface area (Å²) in [5, 5.41) is 14.6. The van der Waals surface area contributed by atoms with Gasteiger partial charge in [-0.15, -0.1) is 0 Å². The molecule has 1 aliphatic heterocycles. The van der Waals surface area contributed by atoms with Crippen LogP contribution in [0.1, 0.15) is 34.6 Å². The first-order chi connectivity index (χ1) is 18.7. The van der Waals surface area contributed by atoms with Gasteiger partial charge in [0.25, 0.3) is 0 Å². The lowest BCUT2D eigenvalue weighted by molar-refractivity contribution is 0.00983. The van der Waals surface area contributed by atoms with Gasteiger partial charge in [0.2, 0.25) is 0 Å². The maximum absolute atomic E-state index is 9.10. The maximum Gasteiger partial charge on any atom is 0.132 e. The second kappa shape index (κ2) is 12.0. The summed E-state index contributed by atoms with van der Waals surface area (Å²) in [5.74, 6) is 2.71. The van der Waals surface area contributed by atoms with Gasteiger partial charge in [-0.1, -0.05) is 48.5 Å². The standard InChI is InChI=1S/C32H32N2O4/c1-35-30-17-25(32(36-2)29-9-4-3-8-28(29)30)21-38-31-19-34-15-14-27(31)24-10-12-26(13-11-24)37-20-23-7-5-6-22(16-23)18-33/h3-13,16-17,27,31,34H,14-15,19-21H2,1-2H3. The molecule has 0 spiro atoms. The van der Waals surface area contributed by atoms with E-state index in [9.17, 15) is 0 Å². The SMILES string of the molecule is COc1cc(COC2CNCCC2c2ccc(OCc3cccc(C#N)c3)cc2)c(OC)c2ccccc12. The zero-order chi connectivity index (χ0) is 26.3. The van der Waals surface area contributed by atoms with Gasteiger partial charge in [0.15, 0.2) is 0 Å². The van der Waals surface area contributed by atoms with Gasteiger partial charge in [0.1, 0.15) is 23.9 Å². The number of rotatable bonds is 9. The molecule has 0 bridgehead atoms. The van der Waals surface area contributed by atoms with Crippen molar-refractivity contribution in [2.75, 3.05) is 27.3 Å². The Morgan fingerprint density at radius 1 is 0.895 bits per heavy atom. The molecule has 6 heteroatoms. The summed E-state index contributed by atoms with van der Waals surface area (Å²) in [4.78, 5) is 0. The van der Waals surface area contributed by atoms with Crippen molar-refractivity contribution in [2.24, 2.45) is 0 Å². The number of fused-ring (bicyclic) bond motifs is 1. The molecule has 0 amide bonds. The van der Waals surface area contributed by atoms with Crippen LogP contribution in [-0.4, -0.2) is 33.4 Å². The quantitative estimate of drug-likeness (QED) is 0.300. The van der Waals surface area contributed by atoms with Crippen LogP contribution in [0.15, 0.2) is 78.9 Å².